The molecule has 4 heteroatoms. The number of anilines is 1. The first-order valence-electron chi connectivity index (χ1n) is 5.93. The van der Waals surface area contributed by atoms with Crippen LogP contribution in [-0.2, 0) is 6.42 Å². The van der Waals surface area contributed by atoms with Gasteiger partial charge in [0.1, 0.15) is 17.2 Å². The smallest absolute Gasteiger partial charge is 0.141 e. The lowest BCUT2D eigenvalue weighted by Gasteiger charge is -2.16. The molecule has 1 aliphatic rings. The summed E-state index contributed by atoms with van der Waals surface area (Å²) in [6, 6.07) is 6.11. The van der Waals surface area contributed by atoms with Gasteiger partial charge in [-0.05, 0) is 37.6 Å². The van der Waals surface area contributed by atoms with Crippen molar-refractivity contribution in [2.45, 2.75) is 25.9 Å². The monoisotopic (exact) mass is 241 g/mol. The third-order valence-corrected chi connectivity index (χ3v) is 3.03. The number of hydrogen-bond donors (Lipinski definition) is 1. The average molecular weight is 241 g/mol. The zero-order valence-corrected chi connectivity index (χ0v) is 10.5. The summed E-state index contributed by atoms with van der Waals surface area (Å²) in [4.78, 5) is 8.34. The average Bonchev–Trinajstić information content (AvgIpc) is 2.62. The second kappa shape index (κ2) is 3.70. The van der Waals surface area contributed by atoms with Crippen molar-refractivity contribution in [3.63, 3.8) is 0 Å². The largest absolute Gasteiger partial charge is 0.487 e. The highest BCUT2D eigenvalue weighted by Crippen LogP contribution is 2.36. The standard InChI is InChI=1S/C14H15N3O/c1-14(2)6-10-5-9(3-4-12(10)18-14)11-7-17-13(15)8-16-11/h3-5,7-8H,6H2,1-2H3,(H2,15,17). The molecule has 3 rings (SSSR count). The zero-order chi connectivity index (χ0) is 12.8. The zero-order valence-electron chi connectivity index (χ0n) is 10.5. The first kappa shape index (κ1) is 11.0. The molecule has 0 atom stereocenters. The quantitative estimate of drug-likeness (QED) is 0.833. The number of nitrogens with two attached hydrogens (primary N) is 1. The molecule has 0 fully saturated rings. The van der Waals surface area contributed by atoms with Gasteiger partial charge in [0.15, 0.2) is 0 Å². The van der Waals surface area contributed by atoms with Gasteiger partial charge in [0.25, 0.3) is 0 Å². The van der Waals surface area contributed by atoms with Gasteiger partial charge < -0.3 is 10.5 Å². The van der Waals surface area contributed by atoms with Gasteiger partial charge in [-0.1, -0.05) is 0 Å². The number of hydrogen-bond acceptors (Lipinski definition) is 4. The van der Waals surface area contributed by atoms with Crippen molar-refractivity contribution < 1.29 is 4.74 Å². The Morgan fingerprint density at radius 3 is 2.78 bits per heavy atom. The molecule has 92 valence electrons. The number of ether oxygens (including phenoxy) is 1. The van der Waals surface area contributed by atoms with E-state index in [-0.39, 0.29) is 5.60 Å². The number of aromatic nitrogens is 2. The molecule has 0 spiro atoms. The van der Waals surface area contributed by atoms with Crippen LogP contribution in [0.25, 0.3) is 11.3 Å². The number of fused-ring (bicyclic) bond motifs is 1. The Morgan fingerprint density at radius 1 is 1.22 bits per heavy atom. The predicted octanol–water partition coefficient (Wildman–Crippen LogP) is 2.44. The van der Waals surface area contributed by atoms with Gasteiger partial charge in [0, 0.05) is 12.0 Å². The lowest BCUT2D eigenvalue weighted by Crippen LogP contribution is -2.24. The van der Waals surface area contributed by atoms with Crippen LogP contribution < -0.4 is 10.5 Å². The molecule has 2 aromatic rings. The number of nitrogens with zero attached hydrogens (tertiary/aromatic N) is 2. The normalized spacial score (nSPS) is 16.1. The third-order valence-electron chi connectivity index (χ3n) is 3.03. The molecule has 4 nitrogen and oxygen atoms in total. The number of rotatable bonds is 1. The Hall–Kier alpha value is -2.10. The summed E-state index contributed by atoms with van der Waals surface area (Å²) < 4.78 is 5.85. The molecule has 2 N–H and O–H groups in total. The fraction of sp³-hybridized carbons (Fsp3) is 0.286. The number of nitrogen functional groups attached to an aromatic ring is 1. The van der Waals surface area contributed by atoms with Gasteiger partial charge in [0.05, 0.1) is 18.1 Å². The van der Waals surface area contributed by atoms with Crippen LogP contribution in [0.15, 0.2) is 30.6 Å². The van der Waals surface area contributed by atoms with E-state index < -0.39 is 0 Å². The highest BCUT2D eigenvalue weighted by molar-refractivity contribution is 5.62. The van der Waals surface area contributed by atoms with Crippen LogP contribution in [-0.4, -0.2) is 15.6 Å². The molecule has 0 unspecified atom stereocenters. The van der Waals surface area contributed by atoms with Crippen LogP contribution in [0, 0.1) is 0 Å². The fourth-order valence-electron chi connectivity index (χ4n) is 2.26. The molecular formula is C14H15N3O. The maximum atomic E-state index is 5.85. The highest BCUT2D eigenvalue weighted by atomic mass is 16.5. The van der Waals surface area contributed by atoms with Crippen LogP contribution in [0.4, 0.5) is 5.82 Å². The van der Waals surface area contributed by atoms with Gasteiger partial charge in [-0.15, -0.1) is 0 Å². The predicted molar refractivity (Wildman–Crippen MR) is 70.3 cm³/mol. The van der Waals surface area contributed by atoms with Crippen molar-refractivity contribution in [2.24, 2.45) is 0 Å². The van der Waals surface area contributed by atoms with Gasteiger partial charge in [0.2, 0.25) is 0 Å². The Labute approximate surface area is 106 Å². The molecule has 0 radical (unpaired) electrons. The van der Waals surface area contributed by atoms with Crippen LogP contribution >= 0.6 is 0 Å². The van der Waals surface area contributed by atoms with Crippen molar-refractivity contribution in [3.8, 4) is 17.0 Å². The third kappa shape index (κ3) is 1.90. The Bertz CT molecular complexity index is 590. The molecule has 1 aliphatic heterocycles. The summed E-state index contributed by atoms with van der Waals surface area (Å²) in [5.41, 5.74) is 8.51. The Kier molecular flexibility index (Phi) is 2.26. The minimum absolute atomic E-state index is 0.117. The molecule has 0 aliphatic carbocycles. The van der Waals surface area contributed by atoms with E-state index in [4.69, 9.17) is 10.5 Å². The van der Waals surface area contributed by atoms with E-state index >= 15 is 0 Å². The van der Waals surface area contributed by atoms with E-state index in [1.54, 1.807) is 12.4 Å². The van der Waals surface area contributed by atoms with Crippen molar-refractivity contribution in [3.05, 3.63) is 36.2 Å². The van der Waals surface area contributed by atoms with Crippen molar-refractivity contribution in [1.82, 2.24) is 9.97 Å². The van der Waals surface area contributed by atoms with Crippen LogP contribution in [0.5, 0.6) is 5.75 Å². The SMILES string of the molecule is CC1(C)Cc2cc(-c3cnc(N)cn3)ccc2O1. The minimum atomic E-state index is -0.117. The number of benzene rings is 1. The van der Waals surface area contributed by atoms with E-state index in [2.05, 4.69) is 29.9 Å². The molecule has 0 saturated carbocycles. The van der Waals surface area contributed by atoms with E-state index in [9.17, 15) is 0 Å². The van der Waals surface area contributed by atoms with Crippen molar-refractivity contribution in [2.75, 3.05) is 5.73 Å². The van der Waals surface area contributed by atoms with Crippen molar-refractivity contribution >= 4 is 5.82 Å². The molecule has 1 aromatic heterocycles. The summed E-state index contributed by atoms with van der Waals surface area (Å²) in [6.07, 6.45) is 4.18. The highest BCUT2D eigenvalue weighted by Gasteiger charge is 2.29. The topological polar surface area (TPSA) is 61.0 Å². The summed E-state index contributed by atoms with van der Waals surface area (Å²) in [7, 11) is 0. The molecule has 1 aromatic carbocycles. The Balaban J connectivity index is 1.99. The lowest BCUT2D eigenvalue weighted by atomic mass is 9.99. The molecule has 0 amide bonds. The first-order chi connectivity index (χ1) is 8.53. The second-order valence-corrected chi connectivity index (χ2v) is 5.19. The maximum absolute atomic E-state index is 5.85. The van der Waals surface area contributed by atoms with Gasteiger partial charge >= 0.3 is 0 Å². The van der Waals surface area contributed by atoms with E-state index in [0.717, 1.165) is 23.4 Å². The first-order valence-corrected chi connectivity index (χ1v) is 5.93. The van der Waals surface area contributed by atoms with Crippen LogP contribution in [0.2, 0.25) is 0 Å². The molecular weight excluding hydrogens is 226 g/mol. The summed E-state index contributed by atoms with van der Waals surface area (Å²) in [6.45, 7) is 4.19. The van der Waals surface area contributed by atoms with E-state index in [1.807, 2.05) is 12.1 Å². The molecule has 0 saturated heterocycles. The molecule has 18 heavy (non-hydrogen) atoms. The van der Waals surface area contributed by atoms with Gasteiger partial charge in [-0.25, -0.2) is 4.98 Å². The van der Waals surface area contributed by atoms with Crippen LogP contribution in [0.3, 0.4) is 0 Å². The minimum Gasteiger partial charge on any atom is -0.487 e. The van der Waals surface area contributed by atoms with Crippen LogP contribution in [0.1, 0.15) is 19.4 Å². The van der Waals surface area contributed by atoms with Gasteiger partial charge in [-0.3, -0.25) is 4.98 Å². The second-order valence-electron chi connectivity index (χ2n) is 5.19. The lowest BCUT2D eigenvalue weighted by molar-refractivity contribution is 0.138. The van der Waals surface area contributed by atoms with Gasteiger partial charge in [-0.2, -0.15) is 0 Å². The molecule has 2 heterocycles. The fourth-order valence-corrected chi connectivity index (χ4v) is 2.26. The van der Waals surface area contributed by atoms with Crippen molar-refractivity contribution in [1.29, 1.82) is 0 Å². The van der Waals surface area contributed by atoms with E-state index in [0.29, 0.717) is 5.82 Å². The molecule has 0 bridgehead atoms. The van der Waals surface area contributed by atoms with E-state index in [1.165, 1.54) is 5.56 Å². The summed E-state index contributed by atoms with van der Waals surface area (Å²) >= 11 is 0. The summed E-state index contributed by atoms with van der Waals surface area (Å²) in [5, 5.41) is 0. The summed E-state index contributed by atoms with van der Waals surface area (Å²) in [5.74, 6) is 1.40. The Morgan fingerprint density at radius 2 is 2.06 bits per heavy atom. The maximum Gasteiger partial charge on any atom is 0.141 e.